The van der Waals surface area contributed by atoms with Crippen LogP contribution in [0, 0.1) is 5.92 Å². The van der Waals surface area contributed by atoms with Crippen molar-refractivity contribution >= 4 is 17.9 Å². The van der Waals surface area contributed by atoms with E-state index in [9.17, 15) is 14.4 Å². The molecule has 9 heteroatoms. The van der Waals surface area contributed by atoms with Gasteiger partial charge >= 0.3 is 17.9 Å². The second-order valence-electron chi connectivity index (χ2n) is 5.39. The predicted molar refractivity (Wildman–Crippen MR) is 75.2 cm³/mol. The van der Waals surface area contributed by atoms with Gasteiger partial charge in [0, 0.05) is 27.6 Å². The van der Waals surface area contributed by atoms with Gasteiger partial charge in [0.1, 0.15) is 0 Å². The predicted octanol–water partition coefficient (Wildman–Crippen LogP) is 1.27. The van der Waals surface area contributed by atoms with Crippen molar-refractivity contribution in [2.75, 3.05) is 6.61 Å². The van der Waals surface area contributed by atoms with E-state index in [1.54, 1.807) is 27.7 Å². The van der Waals surface area contributed by atoms with Gasteiger partial charge in [-0.15, -0.1) is 0 Å². The fourth-order valence-electron chi connectivity index (χ4n) is 1.59. The van der Waals surface area contributed by atoms with E-state index < -0.39 is 43.0 Å². The van der Waals surface area contributed by atoms with Gasteiger partial charge in [0.25, 0.3) is 6.29 Å². The summed E-state index contributed by atoms with van der Waals surface area (Å²) in [5.41, 5.74) is 0. The summed E-state index contributed by atoms with van der Waals surface area (Å²) in [6.45, 7) is 6.57. The van der Waals surface area contributed by atoms with Crippen LogP contribution < -0.4 is 0 Å². The Morgan fingerprint density at radius 2 is 1.26 bits per heavy atom. The van der Waals surface area contributed by atoms with Crippen LogP contribution in [0.1, 0.15) is 40.5 Å². The Morgan fingerprint density at radius 1 is 0.870 bits per heavy atom. The van der Waals surface area contributed by atoms with Gasteiger partial charge in [-0.1, -0.05) is 0 Å². The summed E-state index contributed by atoms with van der Waals surface area (Å²) in [7, 11) is 0. The summed E-state index contributed by atoms with van der Waals surface area (Å²) in [6.07, 6.45) is -2.58. The smallest absolute Gasteiger partial charge is 0.363 e. The number of carbonyl (C=O) groups excluding carboxylic acids is 1. The van der Waals surface area contributed by atoms with Gasteiger partial charge in [-0.25, -0.2) is 4.79 Å². The molecule has 132 valence electrons. The maximum atomic E-state index is 11.9. The van der Waals surface area contributed by atoms with E-state index in [2.05, 4.69) is 0 Å². The molecular formula is C14H24O8Ti. The molecule has 0 unspecified atom stereocenters. The summed E-state index contributed by atoms with van der Waals surface area (Å²) in [5.74, 6) is -3.92. The van der Waals surface area contributed by atoms with Gasteiger partial charge < -0.3 is 24.4 Å². The topological polar surface area (TPSA) is 119 Å². The molecule has 0 heterocycles. The van der Waals surface area contributed by atoms with E-state index in [0.29, 0.717) is 0 Å². The first kappa shape index (κ1) is 24.3. The maximum absolute atomic E-state index is 11.9. The molecule has 0 amide bonds. The molecule has 0 atom stereocenters. The molecule has 0 bridgehead atoms. The Morgan fingerprint density at radius 3 is 1.57 bits per heavy atom. The minimum absolute atomic E-state index is 0. The average molecular weight is 368 g/mol. The Balaban J connectivity index is 0. The van der Waals surface area contributed by atoms with Crippen LogP contribution in [0.3, 0.4) is 0 Å². The molecule has 23 heavy (non-hydrogen) atoms. The molecular weight excluding hydrogens is 344 g/mol. The number of hydrogen-bond donors (Lipinski definition) is 2. The minimum atomic E-state index is -1.23. The van der Waals surface area contributed by atoms with E-state index in [1.165, 1.54) is 0 Å². The molecule has 0 aliphatic rings. The number of hydrogen-bond acceptors (Lipinski definition) is 6. The fourth-order valence-corrected chi connectivity index (χ4v) is 1.59. The quantitative estimate of drug-likeness (QED) is 0.318. The van der Waals surface area contributed by atoms with E-state index >= 15 is 0 Å². The number of carboxylic acids is 2. The van der Waals surface area contributed by atoms with Crippen molar-refractivity contribution < 1.29 is 60.5 Å². The normalized spacial score (nSPS) is 11.0. The van der Waals surface area contributed by atoms with Gasteiger partial charge in [0.15, 0.2) is 0 Å². The number of ether oxygens (including phenoxy) is 3. The Kier molecular flexibility index (Phi) is 13.2. The standard InChI is InChI=1S/C14H24O8.Ti/c1-8(2)21-14(22-9(3)4)13(19)20-7-10(5-11(15)16)6-12(17)18;/h8-10,14H,5-7H2,1-4H3,(H,15,16)(H,17,18);. The number of esters is 1. The number of aliphatic carboxylic acids is 2. The Bertz CT molecular complexity index is 357. The van der Waals surface area contributed by atoms with Gasteiger partial charge in [-0.3, -0.25) is 9.59 Å². The summed E-state index contributed by atoms with van der Waals surface area (Å²) >= 11 is 0. The van der Waals surface area contributed by atoms with E-state index in [1.807, 2.05) is 0 Å². The van der Waals surface area contributed by atoms with Gasteiger partial charge in [-0.05, 0) is 27.7 Å². The fraction of sp³-hybridized carbons (Fsp3) is 0.786. The van der Waals surface area contributed by atoms with Crippen molar-refractivity contribution in [1.82, 2.24) is 0 Å². The first-order chi connectivity index (χ1) is 10.1. The van der Waals surface area contributed by atoms with Crippen molar-refractivity contribution in [2.24, 2.45) is 5.92 Å². The molecule has 0 spiro atoms. The second kappa shape index (κ2) is 12.5. The summed E-state index contributed by atoms with van der Waals surface area (Å²) in [4.78, 5) is 33.3. The number of carboxylic acid groups (broad SMARTS) is 2. The first-order valence-corrected chi connectivity index (χ1v) is 7.03. The molecule has 0 fully saturated rings. The van der Waals surface area contributed by atoms with Crippen LogP contribution in [0.4, 0.5) is 0 Å². The zero-order chi connectivity index (χ0) is 17.3. The summed E-state index contributed by atoms with van der Waals surface area (Å²) < 4.78 is 15.5. The van der Waals surface area contributed by atoms with E-state index in [-0.39, 0.29) is 40.5 Å². The summed E-state index contributed by atoms with van der Waals surface area (Å²) in [6, 6.07) is 0. The zero-order valence-corrected chi connectivity index (χ0v) is 15.3. The van der Waals surface area contributed by atoms with Crippen molar-refractivity contribution in [3.05, 3.63) is 0 Å². The van der Waals surface area contributed by atoms with Gasteiger partial charge in [-0.2, -0.15) is 0 Å². The van der Waals surface area contributed by atoms with Crippen LogP contribution in [0.2, 0.25) is 0 Å². The second-order valence-corrected chi connectivity index (χ2v) is 5.39. The van der Waals surface area contributed by atoms with E-state index in [4.69, 9.17) is 24.4 Å². The van der Waals surface area contributed by atoms with E-state index in [0.717, 1.165) is 0 Å². The van der Waals surface area contributed by atoms with Gasteiger partial charge in [0.05, 0.1) is 31.7 Å². The molecule has 0 rings (SSSR count). The third kappa shape index (κ3) is 13.2. The van der Waals surface area contributed by atoms with Crippen LogP contribution >= 0.6 is 0 Å². The van der Waals surface area contributed by atoms with Crippen LogP contribution in [0.25, 0.3) is 0 Å². The monoisotopic (exact) mass is 368 g/mol. The first-order valence-electron chi connectivity index (χ1n) is 7.03. The molecule has 0 radical (unpaired) electrons. The molecule has 0 aromatic carbocycles. The van der Waals surface area contributed by atoms with Crippen LogP contribution in [0.15, 0.2) is 0 Å². The molecule has 0 aliphatic carbocycles. The third-order valence-electron chi connectivity index (χ3n) is 2.37. The zero-order valence-electron chi connectivity index (χ0n) is 13.8. The van der Waals surface area contributed by atoms with Crippen molar-refractivity contribution in [1.29, 1.82) is 0 Å². The molecule has 8 nitrogen and oxygen atoms in total. The van der Waals surface area contributed by atoms with Crippen molar-refractivity contribution in [3.63, 3.8) is 0 Å². The Hall–Kier alpha value is -0.956. The number of rotatable bonds is 11. The largest absolute Gasteiger partial charge is 0.481 e. The van der Waals surface area contributed by atoms with Crippen molar-refractivity contribution in [3.8, 4) is 0 Å². The Labute approximate surface area is 150 Å². The van der Waals surface area contributed by atoms with Crippen LogP contribution in [-0.2, 0) is 50.3 Å². The molecule has 2 N–H and O–H groups in total. The molecule has 0 saturated heterocycles. The average Bonchev–Trinajstić information content (AvgIpc) is 2.32. The molecule has 0 aromatic rings. The molecule has 0 saturated carbocycles. The minimum Gasteiger partial charge on any atom is -0.481 e. The maximum Gasteiger partial charge on any atom is 0.363 e. The molecule has 0 aliphatic heterocycles. The van der Waals surface area contributed by atoms with Gasteiger partial charge in [0.2, 0.25) is 0 Å². The number of carbonyl (C=O) groups is 3. The SMILES string of the molecule is CC(C)OC(OC(C)C)C(=O)OCC(CC(=O)O)CC(=O)O.[Ti]. The van der Waals surface area contributed by atoms with Crippen LogP contribution in [0.5, 0.6) is 0 Å². The summed E-state index contributed by atoms with van der Waals surface area (Å²) in [5, 5.41) is 17.5. The third-order valence-corrected chi connectivity index (χ3v) is 2.37. The van der Waals surface area contributed by atoms with Crippen LogP contribution in [-0.4, -0.2) is 53.2 Å². The molecule has 0 aromatic heterocycles. The van der Waals surface area contributed by atoms with Crippen molar-refractivity contribution in [2.45, 2.75) is 59.0 Å².